The molecule has 1 rings (SSSR count). The number of hydrogen-bond donors (Lipinski definition) is 0. The molecule has 5 nitrogen and oxygen atoms in total. The Bertz CT molecular complexity index is 541. The molecule has 1 aromatic carbocycles. The average molecular weight is 225 g/mol. The van der Waals surface area contributed by atoms with Crippen molar-refractivity contribution in [1.82, 2.24) is 0 Å². The molecule has 0 heterocycles. The Morgan fingerprint density at radius 1 is 1.40 bits per heavy atom. The molecule has 0 N–H and O–H groups in total. The van der Waals surface area contributed by atoms with Gasteiger partial charge >= 0.3 is 0 Å². The van der Waals surface area contributed by atoms with E-state index >= 15 is 0 Å². The van der Waals surface area contributed by atoms with Crippen molar-refractivity contribution in [3.05, 3.63) is 29.8 Å². The summed E-state index contributed by atoms with van der Waals surface area (Å²) in [6.07, 6.45) is 2.13. The van der Waals surface area contributed by atoms with Gasteiger partial charge in [0.25, 0.3) is 5.91 Å². The minimum atomic E-state index is -3.37. The van der Waals surface area contributed by atoms with Crippen LogP contribution in [-0.4, -0.2) is 26.7 Å². The summed E-state index contributed by atoms with van der Waals surface area (Å²) in [4.78, 5) is 23.8. The summed E-state index contributed by atoms with van der Waals surface area (Å²) in [5.41, 5.74) is 0.0428. The number of aliphatic imine (C=N–C) groups is 1. The van der Waals surface area contributed by atoms with Crippen LogP contribution in [0.2, 0.25) is 0 Å². The Balaban J connectivity index is 3.25. The van der Waals surface area contributed by atoms with E-state index in [0.717, 1.165) is 12.3 Å². The van der Waals surface area contributed by atoms with Crippen molar-refractivity contribution in [2.24, 2.45) is 4.99 Å². The van der Waals surface area contributed by atoms with E-state index in [1.54, 1.807) is 0 Å². The van der Waals surface area contributed by atoms with Gasteiger partial charge in [0, 0.05) is 11.8 Å². The third-order valence-electron chi connectivity index (χ3n) is 1.66. The number of rotatable bonds is 2. The first kappa shape index (κ1) is 11.3. The molecule has 6 heteroatoms. The van der Waals surface area contributed by atoms with Crippen LogP contribution in [0.25, 0.3) is 0 Å². The van der Waals surface area contributed by atoms with Crippen molar-refractivity contribution in [2.45, 2.75) is 4.90 Å². The van der Waals surface area contributed by atoms with Crippen molar-refractivity contribution in [3.8, 4) is 0 Å². The first-order valence-electron chi connectivity index (χ1n) is 3.87. The second-order valence-electron chi connectivity index (χ2n) is 2.81. The molecule has 0 spiro atoms. The standard InChI is InChI=1S/C9H7NO4S/c1-15(13,14)8-4-2-3-7(5-8)9(12)10-6-11/h2-5H,1H3. The van der Waals surface area contributed by atoms with E-state index in [9.17, 15) is 18.0 Å². The zero-order valence-electron chi connectivity index (χ0n) is 7.80. The molecule has 15 heavy (non-hydrogen) atoms. The highest BCUT2D eigenvalue weighted by atomic mass is 32.2. The lowest BCUT2D eigenvalue weighted by atomic mass is 10.2. The number of nitrogens with zero attached hydrogens (tertiary/aromatic N) is 1. The second kappa shape index (κ2) is 4.16. The van der Waals surface area contributed by atoms with Gasteiger partial charge < -0.3 is 0 Å². The highest BCUT2D eigenvalue weighted by Crippen LogP contribution is 2.11. The van der Waals surface area contributed by atoms with Crippen LogP contribution in [-0.2, 0) is 14.6 Å². The first-order chi connectivity index (χ1) is 6.95. The predicted octanol–water partition coefficient (Wildman–Crippen LogP) is 0.566. The molecule has 1 amide bonds. The Labute approximate surface area is 86.4 Å². The number of carbonyl (C=O) groups is 1. The molecule has 0 saturated heterocycles. The molecular formula is C9H7NO4S. The lowest BCUT2D eigenvalue weighted by molar-refractivity contribution is 0.100. The zero-order valence-corrected chi connectivity index (χ0v) is 8.61. The van der Waals surface area contributed by atoms with Gasteiger partial charge in [-0.2, -0.15) is 0 Å². The molecule has 0 fully saturated rings. The van der Waals surface area contributed by atoms with Crippen molar-refractivity contribution < 1.29 is 18.0 Å². The summed E-state index contributed by atoms with van der Waals surface area (Å²) in [5, 5.41) is 0. The van der Waals surface area contributed by atoms with Crippen molar-refractivity contribution in [3.63, 3.8) is 0 Å². The predicted molar refractivity (Wildman–Crippen MR) is 52.0 cm³/mol. The molecule has 0 bridgehead atoms. The number of amides is 1. The molecule has 0 aliphatic rings. The van der Waals surface area contributed by atoms with Gasteiger partial charge in [0.1, 0.15) is 0 Å². The molecule has 0 aliphatic carbocycles. The van der Waals surface area contributed by atoms with Gasteiger partial charge in [-0.3, -0.25) is 4.79 Å². The molecule has 1 aromatic rings. The van der Waals surface area contributed by atoms with E-state index < -0.39 is 15.7 Å². The number of carbonyl (C=O) groups excluding carboxylic acids is 2. The van der Waals surface area contributed by atoms with Gasteiger partial charge in [0.15, 0.2) is 9.84 Å². The minimum absolute atomic E-state index is 0.00875. The van der Waals surface area contributed by atoms with Crippen LogP contribution in [0.15, 0.2) is 34.2 Å². The number of benzene rings is 1. The average Bonchev–Trinajstić information content (AvgIpc) is 2.17. The van der Waals surface area contributed by atoms with Gasteiger partial charge in [-0.1, -0.05) is 6.07 Å². The summed E-state index contributed by atoms with van der Waals surface area (Å²) in [6.45, 7) is 0. The van der Waals surface area contributed by atoms with Crippen LogP contribution < -0.4 is 0 Å². The Morgan fingerprint density at radius 3 is 2.60 bits per heavy atom. The zero-order chi connectivity index (χ0) is 11.5. The lowest BCUT2D eigenvalue weighted by Crippen LogP contribution is -2.00. The van der Waals surface area contributed by atoms with E-state index in [-0.39, 0.29) is 10.5 Å². The molecule has 0 saturated carbocycles. The maximum absolute atomic E-state index is 11.1. The summed E-state index contributed by atoms with van der Waals surface area (Å²) in [5.74, 6) is -0.810. The van der Waals surface area contributed by atoms with Crippen LogP contribution >= 0.6 is 0 Å². The van der Waals surface area contributed by atoms with Gasteiger partial charge in [0.2, 0.25) is 6.08 Å². The van der Waals surface area contributed by atoms with E-state index in [2.05, 4.69) is 4.99 Å². The van der Waals surface area contributed by atoms with Crippen molar-refractivity contribution in [2.75, 3.05) is 6.26 Å². The van der Waals surface area contributed by atoms with Crippen molar-refractivity contribution >= 4 is 21.8 Å². The summed E-state index contributed by atoms with van der Waals surface area (Å²) < 4.78 is 22.3. The quantitative estimate of drug-likeness (QED) is 0.544. The van der Waals surface area contributed by atoms with Crippen LogP contribution in [0.5, 0.6) is 0 Å². The third kappa shape index (κ3) is 2.83. The maximum Gasteiger partial charge on any atom is 0.287 e. The molecule has 0 unspecified atom stereocenters. The summed E-state index contributed by atoms with van der Waals surface area (Å²) in [7, 11) is -3.37. The molecule has 0 aromatic heterocycles. The largest absolute Gasteiger partial charge is 0.287 e. The smallest absolute Gasteiger partial charge is 0.266 e. The number of hydrogen-bond acceptors (Lipinski definition) is 4. The summed E-state index contributed by atoms with van der Waals surface area (Å²) in [6, 6.07) is 5.30. The minimum Gasteiger partial charge on any atom is -0.266 e. The SMILES string of the molecule is CS(=O)(=O)c1cccc(C(=O)N=C=O)c1. The normalized spacial score (nSPS) is 10.5. The van der Waals surface area contributed by atoms with Crippen LogP contribution in [0, 0.1) is 0 Å². The first-order valence-corrected chi connectivity index (χ1v) is 5.76. The topological polar surface area (TPSA) is 80.6 Å². The van der Waals surface area contributed by atoms with Gasteiger partial charge in [-0.15, -0.1) is 4.99 Å². The van der Waals surface area contributed by atoms with Crippen LogP contribution in [0.1, 0.15) is 10.4 Å². The van der Waals surface area contributed by atoms with E-state index in [1.807, 2.05) is 0 Å². The van der Waals surface area contributed by atoms with E-state index in [4.69, 9.17) is 0 Å². The van der Waals surface area contributed by atoms with Crippen LogP contribution in [0.3, 0.4) is 0 Å². The molecule has 78 valence electrons. The van der Waals surface area contributed by atoms with Crippen molar-refractivity contribution in [1.29, 1.82) is 0 Å². The molecule has 0 radical (unpaired) electrons. The number of sulfone groups is 1. The number of isocyanates is 1. The van der Waals surface area contributed by atoms with Gasteiger partial charge in [-0.25, -0.2) is 13.2 Å². The van der Waals surface area contributed by atoms with E-state index in [0.29, 0.717) is 0 Å². The molecular weight excluding hydrogens is 218 g/mol. The second-order valence-corrected chi connectivity index (χ2v) is 4.82. The fourth-order valence-corrected chi connectivity index (χ4v) is 1.63. The highest BCUT2D eigenvalue weighted by molar-refractivity contribution is 7.90. The van der Waals surface area contributed by atoms with Gasteiger partial charge in [0.05, 0.1) is 4.90 Å². The van der Waals surface area contributed by atoms with Crippen LogP contribution in [0.4, 0.5) is 0 Å². The Hall–Kier alpha value is -1.78. The molecule has 0 aliphatic heterocycles. The summed E-state index contributed by atoms with van der Waals surface area (Å²) >= 11 is 0. The highest BCUT2D eigenvalue weighted by Gasteiger charge is 2.10. The molecule has 0 atom stereocenters. The fraction of sp³-hybridized carbons (Fsp3) is 0.111. The van der Waals surface area contributed by atoms with Gasteiger partial charge in [-0.05, 0) is 18.2 Å². The maximum atomic E-state index is 11.1. The van der Waals surface area contributed by atoms with E-state index in [1.165, 1.54) is 24.3 Å². The Morgan fingerprint density at radius 2 is 2.07 bits per heavy atom. The lowest BCUT2D eigenvalue weighted by Gasteiger charge is -1.99. The fourth-order valence-electron chi connectivity index (χ4n) is 0.966. The monoisotopic (exact) mass is 225 g/mol. The third-order valence-corrected chi connectivity index (χ3v) is 2.77. The Kier molecular flexibility index (Phi) is 3.14.